The first kappa shape index (κ1) is 14.1. The molecule has 1 atom stereocenters. The number of rotatable bonds is 2. The molecule has 1 aromatic carbocycles. The molecule has 21 heavy (non-hydrogen) atoms. The Balaban J connectivity index is 1.63. The van der Waals surface area contributed by atoms with Crippen LogP contribution >= 0.6 is 0 Å². The molecule has 3 nitrogen and oxygen atoms in total. The lowest BCUT2D eigenvalue weighted by atomic mass is 9.87. The molecule has 0 radical (unpaired) electrons. The fraction of sp³-hybridized carbons (Fsp3) is 0.444. The van der Waals surface area contributed by atoms with E-state index in [1.165, 1.54) is 11.1 Å². The van der Waals surface area contributed by atoms with Gasteiger partial charge in [0.25, 0.3) is 0 Å². The van der Waals surface area contributed by atoms with Gasteiger partial charge in [0.15, 0.2) is 0 Å². The van der Waals surface area contributed by atoms with Crippen molar-refractivity contribution in [3.05, 3.63) is 42.0 Å². The highest BCUT2D eigenvalue weighted by atomic mass is 16.2. The SMILES string of the molecule is O=C1CCC[C@@H](C(=O)N2CC=C(c3ccccc3)CC2)C1. The maximum atomic E-state index is 12.5. The molecule has 0 spiro atoms. The zero-order valence-corrected chi connectivity index (χ0v) is 12.3. The smallest absolute Gasteiger partial charge is 0.226 e. The Hall–Kier alpha value is -1.90. The molecule has 3 heteroatoms. The molecule has 3 rings (SSSR count). The maximum absolute atomic E-state index is 12.5. The van der Waals surface area contributed by atoms with Crippen molar-refractivity contribution in [2.24, 2.45) is 5.92 Å². The number of ketones is 1. The van der Waals surface area contributed by atoms with E-state index in [-0.39, 0.29) is 17.6 Å². The van der Waals surface area contributed by atoms with Gasteiger partial charge in [-0.15, -0.1) is 0 Å². The average Bonchev–Trinajstić information content (AvgIpc) is 2.55. The van der Waals surface area contributed by atoms with Gasteiger partial charge in [0.2, 0.25) is 5.91 Å². The van der Waals surface area contributed by atoms with Crippen LogP contribution in [0.5, 0.6) is 0 Å². The molecular formula is C18H21NO2. The summed E-state index contributed by atoms with van der Waals surface area (Å²) in [7, 11) is 0. The molecule has 2 aliphatic rings. The lowest BCUT2D eigenvalue weighted by molar-refractivity contribution is -0.139. The summed E-state index contributed by atoms with van der Waals surface area (Å²) in [5, 5.41) is 0. The Labute approximate surface area is 125 Å². The summed E-state index contributed by atoms with van der Waals surface area (Å²) in [5.74, 6) is 0.349. The topological polar surface area (TPSA) is 37.4 Å². The summed E-state index contributed by atoms with van der Waals surface area (Å²) in [5.41, 5.74) is 2.57. The molecule has 110 valence electrons. The van der Waals surface area contributed by atoms with Crippen LogP contribution < -0.4 is 0 Å². The highest BCUT2D eigenvalue weighted by molar-refractivity contribution is 5.88. The zero-order chi connectivity index (χ0) is 14.7. The molecule has 1 aliphatic heterocycles. The third-order valence-electron chi connectivity index (χ3n) is 4.50. The molecule has 0 aromatic heterocycles. The second-order valence-corrected chi connectivity index (χ2v) is 5.96. The van der Waals surface area contributed by atoms with Gasteiger partial charge in [0.05, 0.1) is 0 Å². The van der Waals surface area contributed by atoms with Crippen LogP contribution in [0.25, 0.3) is 5.57 Å². The van der Waals surface area contributed by atoms with Crippen molar-refractivity contribution in [2.45, 2.75) is 32.1 Å². The number of hydrogen-bond donors (Lipinski definition) is 0. The van der Waals surface area contributed by atoms with Crippen molar-refractivity contribution in [3.63, 3.8) is 0 Å². The zero-order valence-electron chi connectivity index (χ0n) is 12.3. The van der Waals surface area contributed by atoms with Gasteiger partial charge in [-0.3, -0.25) is 9.59 Å². The van der Waals surface area contributed by atoms with Crippen LogP contribution in [-0.2, 0) is 9.59 Å². The second-order valence-electron chi connectivity index (χ2n) is 5.96. The minimum atomic E-state index is -0.0714. The quantitative estimate of drug-likeness (QED) is 0.836. The number of carbonyl (C=O) groups is 2. The Morgan fingerprint density at radius 2 is 1.95 bits per heavy atom. The fourth-order valence-corrected chi connectivity index (χ4v) is 3.28. The van der Waals surface area contributed by atoms with Crippen molar-refractivity contribution < 1.29 is 9.59 Å². The predicted molar refractivity (Wildman–Crippen MR) is 82.6 cm³/mol. The van der Waals surface area contributed by atoms with Crippen LogP contribution in [0.2, 0.25) is 0 Å². The fourth-order valence-electron chi connectivity index (χ4n) is 3.28. The number of carbonyl (C=O) groups excluding carboxylic acids is 2. The lowest BCUT2D eigenvalue weighted by Gasteiger charge is -2.31. The van der Waals surface area contributed by atoms with E-state index in [4.69, 9.17) is 0 Å². The predicted octanol–water partition coefficient (Wildman–Crippen LogP) is 3.06. The van der Waals surface area contributed by atoms with Gasteiger partial charge in [-0.05, 0) is 30.4 Å². The van der Waals surface area contributed by atoms with E-state index < -0.39 is 0 Å². The van der Waals surface area contributed by atoms with E-state index in [2.05, 4.69) is 18.2 Å². The van der Waals surface area contributed by atoms with Gasteiger partial charge in [-0.25, -0.2) is 0 Å². The molecule has 1 aliphatic carbocycles. The van der Waals surface area contributed by atoms with E-state index in [0.717, 1.165) is 25.8 Å². The second kappa shape index (κ2) is 6.25. The molecule has 0 bridgehead atoms. The van der Waals surface area contributed by atoms with Crippen molar-refractivity contribution in [2.75, 3.05) is 13.1 Å². The number of Topliss-reactive ketones (excluding diaryl/α,β-unsaturated/α-hetero) is 1. The molecule has 0 unspecified atom stereocenters. The molecule has 1 amide bonds. The van der Waals surface area contributed by atoms with Gasteiger partial charge < -0.3 is 4.90 Å². The van der Waals surface area contributed by atoms with Crippen LogP contribution in [0.3, 0.4) is 0 Å². The third kappa shape index (κ3) is 3.23. The summed E-state index contributed by atoms with van der Waals surface area (Å²) >= 11 is 0. The highest BCUT2D eigenvalue weighted by Crippen LogP contribution is 2.27. The Bertz CT molecular complexity index is 562. The Morgan fingerprint density at radius 1 is 1.14 bits per heavy atom. The Morgan fingerprint density at radius 3 is 2.62 bits per heavy atom. The monoisotopic (exact) mass is 283 g/mol. The summed E-state index contributed by atoms with van der Waals surface area (Å²) in [4.78, 5) is 25.9. The van der Waals surface area contributed by atoms with Crippen molar-refractivity contribution >= 4 is 17.3 Å². The minimum absolute atomic E-state index is 0.0714. The maximum Gasteiger partial charge on any atom is 0.226 e. The highest BCUT2D eigenvalue weighted by Gasteiger charge is 2.29. The molecule has 1 saturated carbocycles. The van der Waals surface area contributed by atoms with Gasteiger partial charge in [-0.2, -0.15) is 0 Å². The summed E-state index contributed by atoms with van der Waals surface area (Å²) in [6.07, 6.45) is 5.90. The van der Waals surface area contributed by atoms with Crippen LogP contribution in [0.15, 0.2) is 36.4 Å². The summed E-state index contributed by atoms with van der Waals surface area (Å²) < 4.78 is 0. The van der Waals surface area contributed by atoms with Gasteiger partial charge in [0, 0.05) is 31.8 Å². The van der Waals surface area contributed by atoms with Crippen molar-refractivity contribution in [1.82, 2.24) is 4.90 Å². The summed E-state index contributed by atoms with van der Waals surface area (Å²) in [6, 6.07) is 10.3. The van der Waals surface area contributed by atoms with E-state index in [1.54, 1.807) is 0 Å². The molecule has 1 fully saturated rings. The van der Waals surface area contributed by atoms with Crippen LogP contribution in [0, 0.1) is 5.92 Å². The average molecular weight is 283 g/mol. The Kier molecular flexibility index (Phi) is 4.18. The van der Waals surface area contributed by atoms with Crippen LogP contribution in [0.1, 0.15) is 37.7 Å². The van der Waals surface area contributed by atoms with Gasteiger partial charge in [0.1, 0.15) is 5.78 Å². The molecular weight excluding hydrogens is 262 g/mol. The largest absolute Gasteiger partial charge is 0.338 e. The molecule has 0 saturated heterocycles. The number of nitrogens with zero attached hydrogens (tertiary/aromatic N) is 1. The van der Waals surface area contributed by atoms with E-state index in [1.807, 2.05) is 23.1 Å². The van der Waals surface area contributed by atoms with Crippen molar-refractivity contribution in [1.29, 1.82) is 0 Å². The normalized spacial score (nSPS) is 22.9. The lowest BCUT2D eigenvalue weighted by Crippen LogP contribution is -2.40. The molecule has 0 N–H and O–H groups in total. The first-order valence-electron chi connectivity index (χ1n) is 7.79. The van der Waals surface area contributed by atoms with Crippen molar-refractivity contribution in [3.8, 4) is 0 Å². The van der Waals surface area contributed by atoms with E-state index in [9.17, 15) is 9.59 Å². The van der Waals surface area contributed by atoms with Crippen LogP contribution in [0.4, 0.5) is 0 Å². The first-order chi connectivity index (χ1) is 10.2. The molecule has 1 heterocycles. The third-order valence-corrected chi connectivity index (χ3v) is 4.50. The van der Waals surface area contributed by atoms with Gasteiger partial charge >= 0.3 is 0 Å². The molecule has 1 aromatic rings. The number of benzene rings is 1. The van der Waals surface area contributed by atoms with E-state index >= 15 is 0 Å². The standard InChI is InChI=1S/C18H21NO2/c20-17-8-4-7-16(13-17)18(21)19-11-9-15(10-12-19)14-5-2-1-3-6-14/h1-3,5-6,9,16H,4,7-8,10-13H2/t16-/m1/s1. The number of amides is 1. The first-order valence-corrected chi connectivity index (χ1v) is 7.79. The minimum Gasteiger partial charge on any atom is -0.338 e. The van der Waals surface area contributed by atoms with Gasteiger partial charge in [-0.1, -0.05) is 36.4 Å². The summed E-state index contributed by atoms with van der Waals surface area (Å²) in [6.45, 7) is 1.44. The number of hydrogen-bond acceptors (Lipinski definition) is 2. The van der Waals surface area contributed by atoms with E-state index in [0.29, 0.717) is 19.4 Å². The van der Waals surface area contributed by atoms with Crippen LogP contribution in [-0.4, -0.2) is 29.7 Å².